The summed E-state index contributed by atoms with van der Waals surface area (Å²) in [6.45, 7) is 0. The van der Waals surface area contributed by atoms with Gasteiger partial charge in [0.25, 0.3) is 0 Å². The number of para-hydroxylation sites is 1. The molecule has 0 spiro atoms. The number of nitrogens with zero attached hydrogens (tertiary/aromatic N) is 2. The van der Waals surface area contributed by atoms with Gasteiger partial charge in [-0.25, -0.2) is 4.98 Å². The van der Waals surface area contributed by atoms with Crippen molar-refractivity contribution in [2.45, 2.75) is 0 Å². The van der Waals surface area contributed by atoms with Crippen LogP contribution in [0.2, 0.25) is 0 Å². The van der Waals surface area contributed by atoms with Crippen LogP contribution in [0.3, 0.4) is 0 Å². The number of benzene rings is 2. The Morgan fingerprint density at radius 3 is 2.62 bits per heavy atom. The highest BCUT2D eigenvalue weighted by molar-refractivity contribution is 9.10. The van der Waals surface area contributed by atoms with Crippen molar-refractivity contribution >= 4 is 21.6 Å². The molecule has 0 radical (unpaired) electrons. The average Bonchev–Trinajstić information content (AvgIpc) is 3.01. The lowest BCUT2D eigenvalue weighted by atomic mass is 10.0. The molecule has 0 amide bonds. The van der Waals surface area contributed by atoms with Crippen molar-refractivity contribution in [1.82, 2.24) is 9.38 Å². The molecule has 0 aliphatic rings. The molecule has 0 fully saturated rings. The minimum absolute atomic E-state index is 0.817. The number of fused-ring (bicyclic) bond motifs is 1. The Hall–Kier alpha value is -2.59. The third-order valence-corrected chi connectivity index (χ3v) is 4.48. The number of halogens is 1. The maximum absolute atomic E-state index is 5.55. The quantitative estimate of drug-likeness (QED) is 0.474. The zero-order chi connectivity index (χ0) is 16.5. The molecule has 3 nitrogen and oxygen atoms in total. The normalized spacial score (nSPS) is 10.9. The second-order valence-electron chi connectivity index (χ2n) is 5.45. The van der Waals surface area contributed by atoms with Crippen molar-refractivity contribution in [1.29, 1.82) is 0 Å². The molecule has 0 unspecified atom stereocenters. The molecule has 24 heavy (non-hydrogen) atoms. The number of methoxy groups -OCH3 is 1. The molecule has 2 aromatic heterocycles. The van der Waals surface area contributed by atoms with Crippen LogP contribution >= 0.6 is 15.9 Å². The first-order chi connectivity index (χ1) is 11.8. The van der Waals surface area contributed by atoms with Gasteiger partial charge in [-0.15, -0.1) is 0 Å². The zero-order valence-corrected chi connectivity index (χ0v) is 14.7. The van der Waals surface area contributed by atoms with E-state index in [0.717, 1.165) is 38.4 Å². The van der Waals surface area contributed by atoms with E-state index < -0.39 is 0 Å². The van der Waals surface area contributed by atoms with E-state index in [4.69, 9.17) is 9.72 Å². The number of hydrogen-bond donors (Lipinski definition) is 0. The fourth-order valence-electron chi connectivity index (χ4n) is 2.94. The zero-order valence-electron chi connectivity index (χ0n) is 13.1. The third-order valence-electron chi connectivity index (χ3n) is 3.99. The van der Waals surface area contributed by atoms with E-state index >= 15 is 0 Å². The number of aromatic nitrogens is 2. The van der Waals surface area contributed by atoms with Crippen LogP contribution in [0.4, 0.5) is 0 Å². The molecule has 118 valence electrons. The van der Waals surface area contributed by atoms with E-state index in [-0.39, 0.29) is 0 Å². The summed E-state index contributed by atoms with van der Waals surface area (Å²) in [6.07, 6.45) is 2.04. The smallest absolute Gasteiger partial charge is 0.137 e. The Bertz CT molecular complexity index is 1020. The fourth-order valence-corrected chi connectivity index (χ4v) is 3.33. The lowest BCUT2D eigenvalue weighted by Gasteiger charge is -2.09. The monoisotopic (exact) mass is 378 g/mol. The predicted molar refractivity (Wildman–Crippen MR) is 100 cm³/mol. The van der Waals surface area contributed by atoms with E-state index in [1.165, 1.54) is 0 Å². The molecule has 0 aliphatic carbocycles. The molecule has 0 bridgehead atoms. The molecule has 4 aromatic rings. The predicted octanol–water partition coefficient (Wildman–Crippen LogP) is 5.44. The third kappa shape index (κ3) is 2.49. The van der Waals surface area contributed by atoms with Gasteiger partial charge in [0.15, 0.2) is 0 Å². The molecule has 0 atom stereocenters. The molecular formula is C20H15BrN2O. The Balaban J connectivity index is 2.07. The van der Waals surface area contributed by atoms with Crippen molar-refractivity contribution in [3.8, 4) is 28.3 Å². The largest absolute Gasteiger partial charge is 0.496 e. The number of ether oxygens (including phenoxy) is 1. The van der Waals surface area contributed by atoms with Crippen molar-refractivity contribution < 1.29 is 4.74 Å². The number of hydrogen-bond acceptors (Lipinski definition) is 2. The first kappa shape index (κ1) is 15.0. The second kappa shape index (κ2) is 6.13. The molecule has 2 heterocycles. The highest BCUT2D eigenvalue weighted by atomic mass is 79.9. The molecule has 0 N–H and O–H groups in total. The fraction of sp³-hybridized carbons (Fsp3) is 0.0500. The topological polar surface area (TPSA) is 26.5 Å². The van der Waals surface area contributed by atoms with Gasteiger partial charge in [-0.05, 0) is 36.4 Å². The Morgan fingerprint density at radius 1 is 0.958 bits per heavy atom. The van der Waals surface area contributed by atoms with Gasteiger partial charge in [-0.2, -0.15) is 0 Å². The first-order valence-electron chi connectivity index (χ1n) is 7.64. The number of imidazole rings is 1. The van der Waals surface area contributed by atoms with Crippen molar-refractivity contribution in [3.05, 3.63) is 77.4 Å². The van der Waals surface area contributed by atoms with E-state index in [1.54, 1.807) is 7.11 Å². The standard InChI is InChI=1S/C20H15BrN2O/c1-24-17-10-3-2-9-16(17)19-20(14-7-6-8-15(21)13-14)23-12-5-4-11-18(23)22-19/h2-13H,1H3. The second-order valence-corrected chi connectivity index (χ2v) is 6.36. The Kier molecular flexibility index (Phi) is 3.82. The average molecular weight is 379 g/mol. The highest BCUT2D eigenvalue weighted by Gasteiger charge is 2.18. The van der Waals surface area contributed by atoms with Crippen LogP contribution in [0.15, 0.2) is 77.4 Å². The maximum Gasteiger partial charge on any atom is 0.137 e. The summed E-state index contributed by atoms with van der Waals surface area (Å²) in [7, 11) is 1.69. The van der Waals surface area contributed by atoms with Gasteiger partial charge >= 0.3 is 0 Å². The van der Waals surface area contributed by atoms with Crippen molar-refractivity contribution in [2.75, 3.05) is 7.11 Å². The highest BCUT2D eigenvalue weighted by Crippen LogP contribution is 2.37. The molecule has 2 aromatic carbocycles. The van der Waals surface area contributed by atoms with Crippen molar-refractivity contribution in [2.24, 2.45) is 0 Å². The van der Waals surface area contributed by atoms with Crippen LogP contribution in [0.1, 0.15) is 0 Å². The summed E-state index contributed by atoms with van der Waals surface area (Å²) in [6, 6.07) is 22.3. The summed E-state index contributed by atoms with van der Waals surface area (Å²) in [5.74, 6) is 0.817. The molecule has 4 rings (SSSR count). The molecular weight excluding hydrogens is 364 g/mol. The van der Waals surface area contributed by atoms with Gasteiger partial charge in [0.2, 0.25) is 0 Å². The van der Waals surface area contributed by atoms with E-state index in [9.17, 15) is 0 Å². The summed E-state index contributed by atoms with van der Waals surface area (Å²) in [5, 5.41) is 0. The SMILES string of the molecule is COc1ccccc1-c1nc2ccccn2c1-c1cccc(Br)c1. The Labute approximate surface area is 148 Å². The van der Waals surface area contributed by atoms with Crippen LogP contribution < -0.4 is 4.74 Å². The molecule has 0 aliphatic heterocycles. The summed E-state index contributed by atoms with van der Waals surface area (Å²) in [5.41, 5.74) is 4.96. The molecule has 0 saturated carbocycles. The van der Waals surface area contributed by atoms with Crippen molar-refractivity contribution in [3.63, 3.8) is 0 Å². The van der Waals surface area contributed by atoms with E-state index in [1.807, 2.05) is 60.8 Å². The number of pyridine rings is 1. The van der Waals surface area contributed by atoms with Gasteiger partial charge in [-0.1, -0.05) is 46.3 Å². The lowest BCUT2D eigenvalue weighted by Crippen LogP contribution is -1.91. The van der Waals surface area contributed by atoms with Gasteiger partial charge in [-0.3, -0.25) is 4.40 Å². The molecule has 4 heteroatoms. The van der Waals surface area contributed by atoms with Crippen LogP contribution in [-0.2, 0) is 0 Å². The van der Waals surface area contributed by atoms with Gasteiger partial charge in [0.1, 0.15) is 17.1 Å². The number of rotatable bonds is 3. The van der Waals surface area contributed by atoms with Gasteiger partial charge in [0.05, 0.1) is 12.8 Å². The van der Waals surface area contributed by atoms with Gasteiger partial charge < -0.3 is 4.74 Å². The van der Waals surface area contributed by atoms with Crippen LogP contribution in [0.5, 0.6) is 5.75 Å². The summed E-state index contributed by atoms with van der Waals surface area (Å²) < 4.78 is 8.71. The van der Waals surface area contributed by atoms with E-state index in [0.29, 0.717) is 0 Å². The maximum atomic E-state index is 5.55. The lowest BCUT2D eigenvalue weighted by molar-refractivity contribution is 0.416. The minimum Gasteiger partial charge on any atom is -0.496 e. The van der Waals surface area contributed by atoms with E-state index in [2.05, 4.69) is 32.5 Å². The van der Waals surface area contributed by atoms with Gasteiger partial charge in [0, 0.05) is 21.8 Å². The first-order valence-corrected chi connectivity index (χ1v) is 8.43. The Morgan fingerprint density at radius 2 is 1.79 bits per heavy atom. The summed E-state index contributed by atoms with van der Waals surface area (Å²) in [4.78, 5) is 4.87. The summed E-state index contributed by atoms with van der Waals surface area (Å²) >= 11 is 3.57. The molecule has 0 saturated heterocycles. The minimum atomic E-state index is 0.817. The van der Waals surface area contributed by atoms with Crippen LogP contribution in [-0.4, -0.2) is 16.5 Å². The van der Waals surface area contributed by atoms with Crippen LogP contribution in [0.25, 0.3) is 28.2 Å². The van der Waals surface area contributed by atoms with Crippen LogP contribution in [0, 0.1) is 0 Å².